The van der Waals surface area contributed by atoms with E-state index < -0.39 is 0 Å². The normalized spacial score (nSPS) is 10.4. The van der Waals surface area contributed by atoms with Crippen LogP contribution in [0.5, 0.6) is 11.6 Å². The third-order valence-corrected chi connectivity index (χ3v) is 2.59. The summed E-state index contributed by atoms with van der Waals surface area (Å²) in [6.45, 7) is 4.14. The maximum Gasteiger partial charge on any atom is 0.219 e. The molecule has 2 aromatic rings. The number of aryl methyl sites for hydroxylation is 2. The molecular weight excluding hydrogens is 231 g/mol. The van der Waals surface area contributed by atoms with Crippen LogP contribution in [0, 0.1) is 19.7 Å². The Hall–Kier alpha value is -1.94. The fourth-order valence-electron chi connectivity index (χ4n) is 1.67. The highest BCUT2D eigenvalue weighted by atomic mass is 19.1. The van der Waals surface area contributed by atoms with E-state index in [1.54, 1.807) is 12.1 Å². The summed E-state index contributed by atoms with van der Waals surface area (Å²) >= 11 is 0. The molecule has 1 heterocycles. The lowest BCUT2D eigenvalue weighted by atomic mass is 10.2. The number of rotatable bonds is 3. The molecule has 3 nitrogen and oxygen atoms in total. The van der Waals surface area contributed by atoms with E-state index in [0.29, 0.717) is 18.2 Å². The summed E-state index contributed by atoms with van der Waals surface area (Å²) in [4.78, 5) is 4.25. The number of aromatic nitrogens is 1. The van der Waals surface area contributed by atoms with Crippen molar-refractivity contribution in [2.45, 2.75) is 20.4 Å². The van der Waals surface area contributed by atoms with Crippen LogP contribution >= 0.6 is 0 Å². The van der Waals surface area contributed by atoms with Gasteiger partial charge in [0.15, 0.2) is 0 Å². The van der Waals surface area contributed by atoms with Crippen LogP contribution in [0.15, 0.2) is 30.3 Å². The van der Waals surface area contributed by atoms with E-state index in [2.05, 4.69) is 4.98 Å². The first kappa shape index (κ1) is 12.5. The monoisotopic (exact) mass is 246 g/mol. The third kappa shape index (κ3) is 2.84. The van der Waals surface area contributed by atoms with Crippen molar-refractivity contribution in [1.29, 1.82) is 0 Å². The maximum absolute atomic E-state index is 13.2. The molecule has 0 spiro atoms. The summed E-state index contributed by atoms with van der Waals surface area (Å²) in [7, 11) is 0. The molecule has 1 aromatic carbocycles. The van der Waals surface area contributed by atoms with Gasteiger partial charge in [-0.1, -0.05) is 6.07 Å². The molecule has 18 heavy (non-hydrogen) atoms. The number of nitrogens with zero attached hydrogens (tertiary/aromatic N) is 1. The molecule has 0 aliphatic carbocycles. The van der Waals surface area contributed by atoms with Gasteiger partial charge >= 0.3 is 0 Å². The molecule has 0 saturated carbocycles. The Balaban J connectivity index is 2.33. The van der Waals surface area contributed by atoms with Gasteiger partial charge in [-0.2, -0.15) is 0 Å². The summed E-state index contributed by atoms with van der Waals surface area (Å²) in [5.74, 6) is 0.572. The Morgan fingerprint density at radius 1 is 1.22 bits per heavy atom. The number of benzene rings is 1. The average molecular weight is 246 g/mol. The molecule has 1 aromatic heterocycles. The fraction of sp³-hybridized carbons (Fsp3) is 0.214. The second-order valence-electron chi connectivity index (χ2n) is 4.17. The van der Waals surface area contributed by atoms with Crippen molar-refractivity contribution in [2.75, 3.05) is 0 Å². The van der Waals surface area contributed by atoms with E-state index in [1.165, 1.54) is 12.1 Å². The van der Waals surface area contributed by atoms with Crippen molar-refractivity contribution in [1.82, 2.24) is 4.98 Å². The molecule has 0 fully saturated rings. The maximum atomic E-state index is 13.2. The summed E-state index contributed by atoms with van der Waals surface area (Å²) in [6, 6.07) is 8.07. The van der Waals surface area contributed by atoms with Crippen molar-refractivity contribution in [3.8, 4) is 11.6 Å². The van der Waals surface area contributed by atoms with E-state index in [0.717, 1.165) is 16.8 Å². The summed E-state index contributed by atoms with van der Waals surface area (Å²) in [5.41, 5.74) is 8.21. The van der Waals surface area contributed by atoms with Crippen molar-refractivity contribution in [2.24, 2.45) is 5.73 Å². The summed E-state index contributed by atoms with van der Waals surface area (Å²) in [5, 5.41) is 0. The molecule has 0 amide bonds. The topological polar surface area (TPSA) is 48.1 Å². The van der Waals surface area contributed by atoms with Crippen LogP contribution in [0.3, 0.4) is 0 Å². The molecule has 0 saturated heterocycles. The van der Waals surface area contributed by atoms with Crippen molar-refractivity contribution >= 4 is 0 Å². The number of pyridine rings is 1. The standard InChI is InChI=1S/C14H15FN2O/c1-9-3-4-12(15)7-13(9)18-14-6-11(8-16)5-10(2)17-14/h3-7H,8,16H2,1-2H3. The minimum Gasteiger partial charge on any atom is -0.439 e. The quantitative estimate of drug-likeness (QED) is 0.905. The van der Waals surface area contributed by atoms with Gasteiger partial charge in [-0.3, -0.25) is 0 Å². The van der Waals surface area contributed by atoms with Gasteiger partial charge in [0.05, 0.1) is 0 Å². The van der Waals surface area contributed by atoms with Crippen LogP contribution in [0.25, 0.3) is 0 Å². The first-order valence-corrected chi connectivity index (χ1v) is 5.70. The second kappa shape index (κ2) is 5.14. The molecule has 2 rings (SSSR count). The number of hydrogen-bond donors (Lipinski definition) is 1. The highest BCUT2D eigenvalue weighted by Gasteiger charge is 2.06. The van der Waals surface area contributed by atoms with Gasteiger partial charge in [-0.05, 0) is 37.1 Å². The number of nitrogens with two attached hydrogens (primary N) is 1. The molecule has 2 N–H and O–H groups in total. The zero-order valence-corrected chi connectivity index (χ0v) is 10.4. The second-order valence-corrected chi connectivity index (χ2v) is 4.17. The molecule has 94 valence electrons. The lowest BCUT2D eigenvalue weighted by molar-refractivity contribution is 0.452. The van der Waals surface area contributed by atoms with Crippen LogP contribution in [-0.2, 0) is 6.54 Å². The van der Waals surface area contributed by atoms with Crippen LogP contribution < -0.4 is 10.5 Å². The molecular formula is C14H15FN2O. The van der Waals surface area contributed by atoms with Gasteiger partial charge in [-0.15, -0.1) is 0 Å². The molecule has 0 radical (unpaired) electrons. The van der Waals surface area contributed by atoms with Gasteiger partial charge in [0.1, 0.15) is 11.6 Å². The van der Waals surface area contributed by atoms with E-state index >= 15 is 0 Å². The van der Waals surface area contributed by atoms with Crippen LogP contribution in [-0.4, -0.2) is 4.98 Å². The fourth-order valence-corrected chi connectivity index (χ4v) is 1.67. The van der Waals surface area contributed by atoms with Gasteiger partial charge in [0, 0.05) is 24.4 Å². The predicted octanol–water partition coefficient (Wildman–Crippen LogP) is 3.09. The average Bonchev–Trinajstić information content (AvgIpc) is 2.33. The predicted molar refractivity (Wildman–Crippen MR) is 68.1 cm³/mol. The van der Waals surface area contributed by atoms with Crippen molar-refractivity contribution in [3.05, 3.63) is 53.0 Å². The number of halogens is 1. The molecule has 0 aliphatic rings. The molecule has 0 aliphatic heterocycles. The van der Waals surface area contributed by atoms with E-state index in [4.69, 9.17) is 10.5 Å². The Morgan fingerprint density at radius 2 is 2.00 bits per heavy atom. The molecule has 0 unspecified atom stereocenters. The summed E-state index contributed by atoms with van der Waals surface area (Å²) < 4.78 is 18.8. The first-order chi connectivity index (χ1) is 8.58. The Morgan fingerprint density at radius 3 is 2.72 bits per heavy atom. The highest BCUT2D eigenvalue weighted by Crippen LogP contribution is 2.25. The van der Waals surface area contributed by atoms with E-state index in [9.17, 15) is 4.39 Å². The Labute approximate surface area is 105 Å². The van der Waals surface area contributed by atoms with Crippen LogP contribution in [0.2, 0.25) is 0 Å². The third-order valence-electron chi connectivity index (χ3n) is 2.59. The lowest BCUT2D eigenvalue weighted by Crippen LogP contribution is -2.00. The van der Waals surface area contributed by atoms with E-state index in [1.807, 2.05) is 19.9 Å². The Kier molecular flexibility index (Phi) is 3.58. The smallest absolute Gasteiger partial charge is 0.219 e. The van der Waals surface area contributed by atoms with Crippen LogP contribution in [0.4, 0.5) is 4.39 Å². The molecule has 0 atom stereocenters. The zero-order chi connectivity index (χ0) is 13.1. The van der Waals surface area contributed by atoms with Gasteiger partial charge in [-0.25, -0.2) is 9.37 Å². The first-order valence-electron chi connectivity index (χ1n) is 5.70. The zero-order valence-electron chi connectivity index (χ0n) is 10.4. The van der Waals surface area contributed by atoms with Crippen LogP contribution in [0.1, 0.15) is 16.8 Å². The number of ether oxygens (including phenoxy) is 1. The highest BCUT2D eigenvalue weighted by molar-refractivity contribution is 5.36. The van der Waals surface area contributed by atoms with E-state index in [-0.39, 0.29) is 5.82 Å². The van der Waals surface area contributed by atoms with Crippen molar-refractivity contribution < 1.29 is 9.13 Å². The Bertz CT molecular complexity index is 570. The van der Waals surface area contributed by atoms with Gasteiger partial charge < -0.3 is 10.5 Å². The summed E-state index contributed by atoms with van der Waals surface area (Å²) in [6.07, 6.45) is 0. The number of hydrogen-bond acceptors (Lipinski definition) is 3. The minimum atomic E-state index is -0.331. The SMILES string of the molecule is Cc1cc(CN)cc(Oc2cc(F)ccc2C)n1. The molecule has 4 heteroatoms. The largest absolute Gasteiger partial charge is 0.439 e. The lowest BCUT2D eigenvalue weighted by Gasteiger charge is -2.09. The van der Waals surface area contributed by atoms with Crippen molar-refractivity contribution in [3.63, 3.8) is 0 Å². The van der Waals surface area contributed by atoms with Gasteiger partial charge in [0.25, 0.3) is 0 Å². The van der Waals surface area contributed by atoms with Gasteiger partial charge in [0.2, 0.25) is 5.88 Å². The minimum absolute atomic E-state index is 0.331. The molecule has 0 bridgehead atoms.